The van der Waals surface area contributed by atoms with E-state index in [2.05, 4.69) is 18.2 Å². The van der Waals surface area contributed by atoms with Gasteiger partial charge in [0.25, 0.3) is 0 Å². The molecule has 112 valence electrons. The molecule has 0 aliphatic carbocycles. The minimum Gasteiger partial charge on any atom is -0.248 e. The van der Waals surface area contributed by atoms with Crippen LogP contribution < -0.4 is 0 Å². The molecule has 1 atom stereocenters. The summed E-state index contributed by atoms with van der Waals surface area (Å²) in [6.07, 6.45) is -1.98. The summed E-state index contributed by atoms with van der Waals surface area (Å²) < 4.78 is 39.4. The van der Waals surface area contributed by atoms with Crippen LogP contribution in [0.15, 0.2) is 48.5 Å². The molecule has 1 heterocycles. The van der Waals surface area contributed by atoms with Crippen LogP contribution in [-0.4, -0.2) is 4.98 Å². The summed E-state index contributed by atoms with van der Waals surface area (Å²) in [7, 11) is 0. The molecule has 0 saturated carbocycles. The Morgan fingerprint density at radius 2 is 1.77 bits per heavy atom. The van der Waals surface area contributed by atoms with Gasteiger partial charge in [0, 0.05) is 17.8 Å². The molecule has 0 saturated heterocycles. The largest absolute Gasteiger partial charge is 0.248 e. The van der Waals surface area contributed by atoms with Crippen LogP contribution in [0.5, 0.6) is 0 Å². The molecular weight excluding hydrogens is 266 g/mol. The third-order valence-electron chi connectivity index (χ3n) is 3.59. The monoisotopic (exact) mass is 294 g/mol. The molecule has 3 rings (SSSR count). The van der Waals surface area contributed by atoms with Crippen molar-refractivity contribution in [3.05, 3.63) is 65.2 Å². The summed E-state index contributed by atoms with van der Waals surface area (Å²) in [5, 5.41) is 0.893. The van der Waals surface area contributed by atoms with E-state index in [4.69, 9.17) is 11.8 Å². The molecule has 22 heavy (non-hydrogen) atoms. The Kier molecular flexibility index (Phi) is 2.63. The van der Waals surface area contributed by atoms with Crippen molar-refractivity contribution in [2.24, 2.45) is 5.92 Å². The summed E-state index contributed by atoms with van der Waals surface area (Å²) in [6, 6.07) is 15.3. The fourth-order valence-electron chi connectivity index (χ4n) is 2.74. The number of fused-ring (bicyclic) bond motifs is 1. The summed E-state index contributed by atoms with van der Waals surface area (Å²) in [5.41, 5.74) is 5.14. The van der Waals surface area contributed by atoms with Gasteiger partial charge in [-0.25, -0.2) is 4.98 Å². The second-order valence-corrected chi connectivity index (χ2v) is 5.85. The first-order valence-electron chi connectivity index (χ1n) is 9.98. The van der Waals surface area contributed by atoms with Crippen molar-refractivity contribution in [1.29, 1.82) is 0 Å². The van der Waals surface area contributed by atoms with E-state index in [1.165, 1.54) is 6.92 Å². The average Bonchev–Trinajstić information content (AvgIpc) is 2.58. The molecule has 0 spiro atoms. The van der Waals surface area contributed by atoms with Gasteiger partial charge in [0.15, 0.2) is 0 Å². The molecule has 0 fully saturated rings. The number of benzene rings is 2. The fraction of sp³-hybridized carbons (Fsp3) is 0.286. The van der Waals surface area contributed by atoms with E-state index >= 15 is 0 Å². The van der Waals surface area contributed by atoms with Gasteiger partial charge < -0.3 is 0 Å². The molecule has 0 aliphatic heterocycles. The third-order valence-corrected chi connectivity index (χ3v) is 3.59. The fourth-order valence-corrected chi connectivity index (χ4v) is 2.74. The Labute approximate surface area is 140 Å². The first-order chi connectivity index (χ1) is 12.5. The number of rotatable bonds is 3. The van der Waals surface area contributed by atoms with Crippen LogP contribution in [0, 0.1) is 19.8 Å². The molecule has 1 nitrogen and oxygen atoms in total. The number of nitrogens with zero attached hydrogens (tertiary/aromatic N) is 1. The Morgan fingerprint density at radius 1 is 1.05 bits per heavy atom. The number of hydrogen-bond acceptors (Lipinski definition) is 1. The van der Waals surface area contributed by atoms with E-state index < -0.39 is 19.1 Å². The van der Waals surface area contributed by atoms with Crippen LogP contribution in [0.2, 0.25) is 0 Å². The normalized spacial score (nSPS) is 17.1. The average molecular weight is 294 g/mol. The minimum absolute atomic E-state index is 0.337. The molecule has 0 bridgehead atoms. The molecule has 1 unspecified atom stereocenters. The van der Waals surface area contributed by atoms with Crippen LogP contribution in [-0.2, 0) is 6.37 Å². The quantitative estimate of drug-likeness (QED) is 0.602. The van der Waals surface area contributed by atoms with Gasteiger partial charge in [-0.05, 0) is 56.0 Å². The predicted molar refractivity (Wildman–Crippen MR) is 95.2 cm³/mol. The summed E-state index contributed by atoms with van der Waals surface area (Å²) in [4.78, 5) is 4.72. The summed E-state index contributed by atoms with van der Waals surface area (Å²) in [5.74, 6) is -1.12. The Balaban J connectivity index is 2.09. The number of pyridine rings is 1. The van der Waals surface area contributed by atoms with Crippen molar-refractivity contribution in [2.45, 2.75) is 34.0 Å². The maximum absolute atomic E-state index is 8.36. The van der Waals surface area contributed by atoms with Crippen LogP contribution in [0.1, 0.15) is 37.3 Å². The SMILES string of the molecule is [2H]C([2H])([2H])C(C)C([2H])([2H])c1ccc2ccc(-c3cc(C)cc(C)c3)nc2c1. The van der Waals surface area contributed by atoms with Gasteiger partial charge in [-0.15, -0.1) is 0 Å². The lowest BCUT2D eigenvalue weighted by Crippen LogP contribution is -1.94. The van der Waals surface area contributed by atoms with Gasteiger partial charge in [-0.2, -0.15) is 0 Å². The van der Waals surface area contributed by atoms with Crippen LogP contribution >= 0.6 is 0 Å². The highest BCUT2D eigenvalue weighted by molar-refractivity contribution is 5.82. The van der Waals surface area contributed by atoms with Crippen LogP contribution in [0.4, 0.5) is 0 Å². The Hall–Kier alpha value is -2.15. The first kappa shape index (κ1) is 9.78. The molecule has 0 radical (unpaired) electrons. The summed E-state index contributed by atoms with van der Waals surface area (Å²) >= 11 is 0. The highest BCUT2D eigenvalue weighted by Crippen LogP contribution is 2.24. The number of hydrogen-bond donors (Lipinski definition) is 0. The van der Waals surface area contributed by atoms with Crippen molar-refractivity contribution in [3.8, 4) is 11.3 Å². The highest BCUT2D eigenvalue weighted by Gasteiger charge is 2.05. The second-order valence-electron chi connectivity index (χ2n) is 5.85. The zero-order chi connectivity index (χ0) is 20.0. The Morgan fingerprint density at radius 3 is 2.50 bits per heavy atom. The number of aromatic nitrogens is 1. The van der Waals surface area contributed by atoms with Gasteiger partial charge in [-0.3, -0.25) is 0 Å². The highest BCUT2D eigenvalue weighted by atomic mass is 14.7. The zero-order valence-corrected chi connectivity index (χ0v) is 13.1. The van der Waals surface area contributed by atoms with E-state index in [9.17, 15) is 0 Å². The van der Waals surface area contributed by atoms with Gasteiger partial charge in [-0.1, -0.05) is 49.2 Å². The molecule has 0 N–H and O–H groups in total. The zero-order valence-electron chi connectivity index (χ0n) is 18.1. The van der Waals surface area contributed by atoms with Gasteiger partial charge >= 0.3 is 0 Å². The second kappa shape index (κ2) is 5.92. The van der Waals surface area contributed by atoms with E-state index in [1.54, 1.807) is 18.2 Å². The molecular formula is C21H23N. The van der Waals surface area contributed by atoms with Gasteiger partial charge in [0.05, 0.1) is 11.2 Å². The third kappa shape index (κ3) is 3.19. The van der Waals surface area contributed by atoms with Crippen LogP contribution in [0.3, 0.4) is 0 Å². The topological polar surface area (TPSA) is 12.9 Å². The molecule has 1 aromatic heterocycles. The maximum atomic E-state index is 8.36. The first-order valence-corrected chi connectivity index (χ1v) is 7.48. The lowest BCUT2D eigenvalue weighted by atomic mass is 10.0. The molecule has 3 aromatic rings. The molecule has 0 amide bonds. The minimum atomic E-state index is -2.37. The lowest BCUT2D eigenvalue weighted by Gasteiger charge is -2.09. The van der Waals surface area contributed by atoms with Crippen molar-refractivity contribution < 1.29 is 6.85 Å². The van der Waals surface area contributed by atoms with Gasteiger partial charge in [0.1, 0.15) is 0 Å². The summed E-state index contributed by atoms with van der Waals surface area (Å²) in [6.45, 7) is 3.14. The predicted octanol–water partition coefficient (Wildman–Crippen LogP) is 5.72. The van der Waals surface area contributed by atoms with E-state index in [1.807, 2.05) is 26.0 Å². The molecule has 1 heteroatoms. The van der Waals surface area contributed by atoms with Crippen molar-refractivity contribution in [3.63, 3.8) is 0 Å². The van der Waals surface area contributed by atoms with Crippen molar-refractivity contribution in [1.82, 2.24) is 4.98 Å². The molecule has 2 aromatic carbocycles. The van der Waals surface area contributed by atoms with Crippen molar-refractivity contribution in [2.75, 3.05) is 0 Å². The Bertz CT molecular complexity index is 971. The standard InChI is InChI=1S/C21H23N/c1-14(2)9-17-5-6-18-7-8-20(22-21(18)13-17)19-11-15(3)10-16(4)12-19/h5-8,10-14H,9H2,1-4H3/i1D3,9D2. The smallest absolute Gasteiger partial charge is 0.0712 e. The maximum Gasteiger partial charge on any atom is 0.0712 e. The lowest BCUT2D eigenvalue weighted by molar-refractivity contribution is 0.648. The van der Waals surface area contributed by atoms with Crippen molar-refractivity contribution >= 4 is 10.9 Å². The number of aryl methyl sites for hydroxylation is 2. The van der Waals surface area contributed by atoms with E-state index in [0.717, 1.165) is 27.8 Å². The molecule has 0 aliphatic rings. The van der Waals surface area contributed by atoms with E-state index in [-0.39, 0.29) is 0 Å². The van der Waals surface area contributed by atoms with Gasteiger partial charge in [0.2, 0.25) is 0 Å². The van der Waals surface area contributed by atoms with Crippen LogP contribution in [0.25, 0.3) is 22.2 Å². The van der Waals surface area contributed by atoms with E-state index in [0.29, 0.717) is 11.1 Å².